The molecule has 0 saturated heterocycles. The van der Waals surface area contributed by atoms with Crippen LogP contribution in [0.1, 0.15) is 24.0 Å². The minimum atomic E-state index is -0.320. The predicted molar refractivity (Wildman–Crippen MR) is 109 cm³/mol. The van der Waals surface area contributed by atoms with Crippen LogP contribution in [-0.2, 0) is 9.59 Å². The van der Waals surface area contributed by atoms with Gasteiger partial charge >= 0.3 is 0 Å². The lowest BCUT2D eigenvalue weighted by Crippen LogP contribution is -2.20. The first kappa shape index (κ1) is 19.4. The fraction of sp³-hybridized carbons (Fsp3) is 0.167. The minimum Gasteiger partial charge on any atom is -0.326 e. The van der Waals surface area contributed by atoms with Crippen molar-refractivity contribution in [1.29, 1.82) is 0 Å². The molecular weight excluding hydrogens is 453 g/mol. The van der Waals surface area contributed by atoms with Gasteiger partial charge in [-0.05, 0) is 64.9 Å². The molecule has 0 atom stereocenters. The fourth-order valence-electron chi connectivity index (χ4n) is 2.00. The van der Waals surface area contributed by atoms with E-state index in [0.717, 1.165) is 14.7 Å². The maximum absolute atomic E-state index is 11.9. The van der Waals surface area contributed by atoms with E-state index in [4.69, 9.17) is 11.6 Å². The van der Waals surface area contributed by atoms with Crippen LogP contribution in [0.2, 0.25) is 5.02 Å². The first-order valence-corrected chi connectivity index (χ1v) is 9.04. The molecule has 0 aliphatic rings. The molecule has 2 aromatic rings. The van der Waals surface area contributed by atoms with Crippen LogP contribution in [0.3, 0.4) is 0 Å². The summed E-state index contributed by atoms with van der Waals surface area (Å²) in [6.45, 7) is 1.82. The molecular formula is C18H17ClIN3O2. The number of hydrazone groups is 1. The van der Waals surface area contributed by atoms with E-state index in [9.17, 15) is 9.59 Å². The molecule has 2 aromatic carbocycles. The predicted octanol–water partition coefficient (Wildman–Crippen LogP) is 4.12. The van der Waals surface area contributed by atoms with Gasteiger partial charge in [0.25, 0.3) is 0 Å². The summed E-state index contributed by atoms with van der Waals surface area (Å²) in [6.07, 6.45) is 1.68. The number of carbonyl (C=O) groups is 2. The minimum absolute atomic E-state index is 0.0507. The SMILES string of the molecule is Cc1c(Cl)cccc1NC(=O)CCC(=O)N/N=C\c1cccc(I)c1. The number of carbonyl (C=O) groups excluding carboxylic acids is 2. The lowest BCUT2D eigenvalue weighted by Gasteiger charge is -2.09. The van der Waals surface area contributed by atoms with E-state index in [1.807, 2.05) is 31.2 Å². The summed E-state index contributed by atoms with van der Waals surface area (Å²) in [5.41, 5.74) is 4.75. The molecule has 0 saturated carbocycles. The van der Waals surface area contributed by atoms with Crippen LogP contribution in [0.4, 0.5) is 5.69 Å². The Hall–Kier alpha value is -1.93. The molecule has 2 rings (SSSR count). The fourth-order valence-corrected chi connectivity index (χ4v) is 2.75. The van der Waals surface area contributed by atoms with Crippen LogP contribution in [-0.4, -0.2) is 18.0 Å². The van der Waals surface area contributed by atoms with Crippen LogP contribution in [0, 0.1) is 10.5 Å². The molecule has 0 aliphatic carbocycles. The summed E-state index contributed by atoms with van der Waals surface area (Å²) in [5.74, 6) is -0.568. The normalized spacial score (nSPS) is 10.7. The first-order chi connectivity index (χ1) is 12.0. The number of nitrogens with zero attached hydrogens (tertiary/aromatic N) is 1. The zero-order valence-electron chi connectivity index (χ0n) is 13.6. The molecule has 0 radical (unpaired) electrons. The zero-order chi connectivity index (χ0) is 18.2. The third-order valence-electron chi connectivity index (χ3n) is 3.37. The van der Waals surface area contributed by atoms with Gasteiger partial charge in [-0.3, -0.25) is 9.59 Å². The van der Waals surface area contributed by atoms with Gasteiger partial charge in [0.2, 0.25) is 11.8 Å². The average Bonchev–Trinajstić information content (AvgIpc) is 2.57. The molecule has 2 amide bonds. The van der Waals surface area contributed by atoms with E-state index in [-0.39, 0.29) is 24.7 Å². The van der Waals surface area contributed by atoms with Crippen molar-refractivity contribution in [3.8, 4) is 0 Å². The molecule has 0 fully saturated rings. The molecule has 5 nitrogen and oxygen atoms in total. The maximum Gasteiger partial charge on any atom is 0.240 e. The van der Waals surface area contributed by atoms with Crippen LogP contribution in [0.25, 0.3) is 0 Å². The highest BCUT2D eigenvalue weighted by Crippen LogP contribution is 2.23. The van der Waals surface area contributed by atoms with E-state index < -0.39 is 0 Å². The Bertz CT molecular complexity index is 809. The summed E-state index contributed by atoms with van der Waals surface area (Å²) in [5, 5.41) is 7.23. The Morgan fingerprint density at radius 1 is 1.16 bits per heavy atom. The number of benzene rings is 2. The second-order valence-corrected chi connectivity index (χ2v) is 6.96. The number of hydrogen-bond acceptors (Lipinski definition) is 3. The second kappa shape index (κ2) is 9.53. The highest BCUT2D eigenvalue weighted by molar-refractivity contribution is 14.1. The van der Waals surface area contributed by atoms with Crippen molar-refractivity contribution in [3.63, 3.8) is 0 Å². The van der Waals surface area contributed by atoms with Crippen molar-refractivity contribution in [2.45, 2.75) is 19.8 Å². The number of hydrogen-bond donors (Lipinski definition) is 2. The van der Waals surface area contributed by atoms with Crippen molar-refractivity contribution in [2.75, 3.05) is 5.32 Å². The Morgan fingerprint density at radius 2 is 1.88 bits per heavy atom. The van der Waals surface area contributed by atoms with E-state index >= 15 is 0 Å². The van der Waals surface area contributed by atoms with Gasteiger partial charge in [-0.15, -0.1) is 0 Å². The van der Waals surface area contributed by atoms with Crippen molar-refractivity contribution < 1.29 is 9.59 Å². The van der Waals surface area contributed by atoms with Crippen molar-refractivity contribution in [2.24, 2.45) is 5.10 Å². The maximum atomic E-state index is 11.9. The van der Waals surface area contributed by atoms with Gasteiger partial charge in [0, 0.05) is 27.1 Å². The van der Waals surface area contributed by atoms with Gasteiger partial charge in [0.05, 0.1) is 6.21 Å². The quantitative estimate of drug-likeness (QED) is 0.379. The van der Waals surface area contributed by atoms with Gasteiger partial charge < -0.3 is 5.32 Å². The molecule has 0 bridgehead atoms. The highest BCUT2D eigenvalue weighted by Gasteiger charge is 2.09. The third-order valence-corrected chi connectivity index (χ3v) is 4.45. The summed E-state index contributed by atoms with van der Waals surface area (Å²) in [7, 11) is 0. The van der Waals surface area contributed by atoms with Gasteiger partial charge in [0.1, 0.15) is 0 Å². The number of anilines is 1. The summed E-state index contributed by atoms with van der Waals surface area (Å²) in [4.78, 5) is 23.7. The Morgan fingerprint density at radius 3 is 2.64 bits per heavy atom. The van der Waals surface area contributed by atoms with Crippen molar-refractivity contribution >= 4 is 57.9 Å². The molecule has 0 unspecified atom stereocenters. The zero-order valence-corrected chi connectivity index (χ0v) is 16.5. The standard InChI is InChI=1S/C18H17ClIN3O2/c1-12-15(19)6-3-7-16(12)22-17(24)8-9-18(25)23-21-11-13-4-2-5-14(20)10-13/h2-7,10-11H,8-9H2,1H3,(H,22,24)(H,23,25)/b21-11-. The summed E-state index contributed by atoms with van der Waals surface area (Å²) >= 11 is 8.21. The largest absolute Gasteiger partial charge is 0.326 e. The van der Waals surface area contributed by atoms with E-state index in [0.29, 0.717) is 10.7 Å². The molecule has 130 valence electrons. The number of halogens is 2. The van der Waals surface area contributed by atoms with Crippen LogP contribution >= 0.6 is 34.2 Å². The molecule has 0 aromatic heterocycles. The van der Waals surface area contributed by atoms with Crippen LogP contribution < -0.4 is 10.7 Å². The van der Waals surface area contributed by atoms with E-state index in [1.54, 1.807) is 24.4 Å². The molecule has 0 heterocycles. The van der Waals surface area contributed by atoms with Crippen LogP contribution in [0.15, 0.2) is 47.6 Å². The lowest BCUT2D eigenvalue weighted by atomic mass is 10.2. The highest BCUT2D eigenvalue weighted by atomic mass is 127. The summed E-state index contributed by atoms with van der Waals surface area (Å²) in [6, 6.07) is 13.0. The molecule has 0 aliphatic heterocycles. The van der Waals surface area contributed by atoms with E-state index in [1.165, 1.54) is 0 Å². The van der Waals surface area contributed by atoms with Crippen molar-refractivity contribution in [3.05, 3.63) is 62.2 Å². The number of rotatable bonds is 6. The Labute approximate surface area is 165 Å². The third kappa shape index (κ3) is 6.47. The van der Waals surface area contributed by atoms with Gasteiger partial charge in [-0.1, -0.05) is 29.8 Å². The van der Waals surface area contributed by atoms with Gasteiger partial charge in [-0.2, -0.15) is 5.10 Å². The monoisotopic (exact) mass is 469 g/mol. The van der Waals surface area contributed by atoms with Crippen LogP contribution in [0.5, 0.6) is 0 Å². The van der Waals surface area contributed by atoms with Gasteiger partial charge in [-0.25, -0.2) is 5.43 Å². The molecule has 7 heteroatoms. The Kier molecular flexibility index (Phi) is 7.39. The second-order valence-electron chi connectivity index (χ2n) is 5.31. The number of amides is 2. The smallest absolute Gasteiger partial charge is 0.240 e. The molecule has 0 spiro atoms. The lowest BCUT2D eigenvalue weighted by molar-refractivity contribution is -0.124. The van der Waals surface area contributed by atoms with E-state index in [2.05, 4.69) is 38.4 Å². The summed E-state index contributed by atoms with van der Waals surface area (Å²) < 4.78 is 1.08. The molecule has 2 N–H and O–H groups in total. The first-order valence-electron chi connectivity index (χ1n) is 7.58. The van der Waals surface area contributed by atoms with Gasteiger partial charge in [0.15, 0.2) is 0 Å². The topological polar surface area (TPSA) is 70.6 Å². The average molecular weight is 470 g/mol. The number of nitrogens with one attached hydrogen (secondary N) is 2. The van der Waals surface area contributed by atoms with Crippen molar-refractivity contribution in [1.82, 2.24) is 5.43 Å². The molecule has 25 heavy (non-hydrogen) atoms. The Balaban J connectivity index is 1.77.